The molecule has 0 radical (unpaired) electrons. The minimum atomic E-state index is -0.713. The number of aromatic nitrogens is 1. The molecule has 0 unspecified atom stereocenters. The van der Waals surface area contributed by atoms with Crippen molar-refractivity contribution in [3.05, 3.63) is 53.9 Å². The molecule has 0 aliphatic rings. The number of methoxy groups -OCH3 is 2. The molecule has 114 valence electrons. The van der Waals surface area contributed by atoms with Gasteiger partial charge in [-0.05, 0) is 24.3 Å². The summed E-state index contributed by atoms with van der Waals surface area (Å²) in [7, 11) is 2.91. The molecule has 1 heterocycles. The number of hydrogen-bond donors (Lipinski definition) is 1. The maximum atomic E-state index is 12.1. The normalized spacial score (nSPS) is 10.9. The van der Waals surface area contributed by atoms with E-state index in [1.54, 1.807) is 36.5 Å². The standard InChI is InChI=1S/C15H15N3O4/c1-20-12-8-5-6-10(13(12)21-2)15(19)22-18-14(16)11-7-3-4-9-17-11/h3-9H,1-2H3,(H2,16,18). The monoisotopic (exact) mass is 301 g/mol. The van der Waals surface area contributed by atoms with Crippen LogP contribution in [0.2, 0.25) is 0 Å². The summed E-state index contributed by atoms with van der Waals surface area (Å²) in [4.78, 5) is 20.9. The van der Waals surface area contributed by atoms with E-state index >= 15 is 0 Å². The predicted molar refractivity (Wildman–Crippen MR) is 79.9 cm³/mol. The van der Waals surface area contributed by atoms with E-state index in [-0.39, 0.29) is 17.1 Å². The number of benzene rings is 1. The van der Waals surface area contributed by atoms with Crippen LogP contribution in [0.15, 0.2) is 47.8 Å². The highest BCUT2D eigenvalue weighted by Gasteiger charge is 2.18. The summed E-state index contributed by atoms with van der Waals surface area (Å²) in [5.74, 6) is -0.0364. The highest BCUT2D eigenvalue weighted by Crippen LogP contribution is 2.31. The molecule has 0 fully saturated rings. The second kappa shape index (κ2) is 7.07. The fourth-order valence-corrected chi connectivity index (χ4v) is 1.75. The van der Waals surface area contributed by atoms with Crippen LogP contribution in [0.3, 0.4) is 0 Å². The first-order chi connectivity index (χ1) is 10.7. The van der Waals surface area contributed by atoms with Crippen molar-refractivity contribution >= 4 is 11.8 Å². The lowest BCUT2D eigenvalue weighted by atomic mass is 10.2. The Morgan fingerprint density at radius 3 is 2.59 bits per heavy atom. The summed E-state index contributed by atoms with van der Waals surface area (Å²) in [6.07, 6.45) is 1.56. The zero-order valence-corrected chi connectivity index (χ0v) is 12.1. The molecule has 1 aromatic carbocycles. The number of carbonyl (C=O) groups is 1. The SMILES string of the molecule is COc1cccc(C(=O)O/N=C(/N)c2ccccn2)c1OC. The fraction of sp³-hybridized carbons (Fsp3) is 0.133. The van der Waals surface area contributed by atoms with Gasteiger partial charge >= 0.3 is 5.97 Å². The molecule has 0 aliphatic heterocycles. The van der Waals surface area contributed by atoms with Crippen molar-refractivity contribution in [2.75, 3.05) is 14.2 Å². The Bertz CT molecular complexity index is 686. The smallest absolute Gasteiger partial charge is 0.369 e. The van der Waals surface area contributed by atoms with Gasteiger partial charge in [-0.25, -0.2) is 4.79 Å². The number of pyridine rings is 1. The van der Waals surface area contributed by atoms with Gasteiger partial charge in [-0.1, -0.05) is 17.3 Å². The molecule has 0 bridgehead atoms. The van der Waals surface area contributed by atoms with E-state index in [4.69, 9.17) is 20.0 Å². The first-order valence-electron chi connectivity index (χ1n) is 6.34. The van der Waals surface area contributed by atoms with Crippen molar-refractivity contribution in [2.45, 2.75) is 0 Å². The molecule has 0 aliphatic carbocycles. The van der Waals surface area contributed by atoms with Gasteiger partial charge in [0, 0.05) is 6.20 Å². The van der Waals surface area contributed by atoms with Crippen molar-refractivity contribution < 1.29 is 19.1 Å². The molecular weight excluding hydrogens is 286 g/mol. The number of oxime groups is 1. The summed E-state index contributed by atoms with van der Waals surface area (Å²) >= 11 is 0. The number of nitrogens with zero attached hydrogens (tertiary/aromatic N) is 2. The lowest BCUT2D eigenvalue weighted by molar-refractivity contribution is 0.0511. The van der Waals surface area contributed by atoms with E-state index < -0.39 is 5.97 Å². The van der Waals surface area contributed by atoms with E-state index in [0.717, 1.165) is 0 Å². The van der Waals surface area contributed by atoms with Crippen LogP contribution in [0.4, 0.5) is 0 Å². The van der Waals surface area contributed by atoms with Crippen LogP contribution in [-0.4, -0.2) is 31.0 Å². The number of nitrogens with two attached hydrogens (primary N) is 1. The second-order valence-corrected chi connectivity index (χ2v) is 4.11. The van der Waals surface area contributed by atoms with Crippen LogP contribution in [-0.2, 0) is 4.84 Å². The quantitative estimate of drug-likeness (QED) is 0.390. The van der Waals surface area contributed by atoms with Gasteiger partial charge in [-0.2, -0.15) is 0 Å². The lowest BCUT2D eigenvalue weighted by Crippen LogP contribution is -2.16. The summed E-state index contributed by atoms with van der Waals surface area (Å²) in [6, 6.07) is 9.99. The topological polar surface area (TPSA) is 96.0 Å². The molecule has 0 saturated carbocycles. The van der Waals surface area contributed by atoms with E-state index in [9.17, 15) is 4.79 Å². The van der Waals surface area contributed by atoms with Gasteiger partial charge in [0.1, 0.15) is 11.3 Å². The molecule has 0 atom stereocenters. The van der Waals surface area contributed by atoms with Crippen LogP contribution in [0.1, 0.15) is 16.1 Å². The van der Waals surface area contributed by atoms with Crippen LogP contribution in [0.5, 0.6) is 11.5 Å². The molecular formula is C15H15N3O4. The van der Waals surface area contributed by atoms with E-state index in [0.29, 0.717) is 11.4 Å². The van der Waals surface area contributed by atoms with Gasteiger partial charge in [0.25, 0.3) is 0 Å². The average molecular weight is 301 g/mol. The van der Waals surface area contributed by atoms with Crippen LogP contribution in [0.25, 0.3) is 0 Å². The summed E-state index contributed by atoms with van der Waals surface area (Å²) in [5, 5.41) is 3.59. The number of ether oxygens (including phenoxy) is 2. The Kier molecular flexibility index (Phi) is 4.92. The number of hydrogen-bond acceptors (Lipinski definition) is 6. The van der Waals surface area contributed by atoms with Gasteiger partial charge in [0.05, 0.1) is 14.2 Å². The van der Waals surface area contributed by atoms with Crippen LogP contribution < -0.4 is 15.2 Å². The third kappa shape index (κ3) is 3.32. The first kappa shape index (κ1) is 15.3. The minimum Gasteiger partial charge on any atom is -0.493 e. The number of amidine groups is 1. The van der Waals surface area contributed by atoms with E-state index in [2.05, 4.69) is 10.1 Å². The highest BCUT2D eigenvalue weighted by atomic mass is 16.7. The second-order valence-electron chi connectivity index (χ2n) is 4.11. The van der Waals surface area contributed by atoms with Crippen LogP contribution in [0, 0.1) is 0 Å². The lowest BCUT2D eigenvalue weighted by Gasteiger charge is -2.10. The molecule has 2 N–H and O–H groups in total. The molecule has 2 rings (SSSR count). The van der Waals surface area contributed by atoms with Gasteiger partial charge in [0.15, 0.2) is 17.3 Å². The maximum absolute atomic E-state index is 12.1. The molecule has 22 heavy (non-hydrogen) atoms. The van der Waals surface area contributed by atoms with Crippen LogP contribution >= 0.6 is 0 Å². The van der Waals surface area contributed by atoms with Crippen molar-refractivity contribution in [1.82, 2.24) is 4.98 Å². The van der Waals surface area contributed by atoms with Gasteiger partial charge in [0.2, 0.25) is 0 Å². The summed E-state index contributed by atoms with van der Waals surface area (Å²) < 4.78 is 10.3. The van der Waals surface area contributed by atoms with Crippen molar-refractivity contribution in [1.29, 1.82) is 0 Å². The molecule has 7 heteroatoms. The number of rotatable bonds is 5. The highest BCUT2D eigenvalue weighted by molar-refractivity contribution is 5.97. The van der Waals surface area contributed by atoms with Crippen molar-refractivity contribution in [3.8, 4) is 11.5 Å². The molecule has 0 saturated heterocycles. The number of para-hydroxylation sites is 1. The zero-order chi connectivity index (χ0) is 15.9. The first-order valence-corrected chi connectivity index (χ1v) is 6.34. The Labute approximate surface area is 127 Å². The van der Waals surface area contributed by atoms with Crippen molar-refractivity contribution in [2.24, 2.45) is 10.9 Å². The molecule has 7 nitrogen and oxygen atoms in total. The summed E-state index contributed by atoms with van der Waals surface area (Å²) in [5.41, 5.74) is 6.29. The summed E-state index contributed by atoms with van der Waals surface area (Å²) in [6.45, 7) is 0. The third-order valence-electron chi connectivity index (χ3n) is 2.78. The molecule has 1 aromatic heterocycles. The fourth-order valence-electron chi connectivity index (χ4n) is 1.75. The molecule has 0 amide bonds. The maximum Gasteiger partial charge on any atom is 0.369 e. The van der Waals surface area contributed by atoms with E-state index in [1.807, 2.05) is 0 Å². The largest absolute Gasteiger partial charge is 0.493 e. The van der Waals surface area contributed by atoms with Gasteiger partial charge in [-0.15, -0.1) is 0 Å². The third-order valence-corrected chi connectivity index (χ3v) is 2.78. The minimum absolute atomic E-state index is 0.00388. The average Bonchev–Trinajstić information content (AvgIpc) is 2.59. The Balaban J connectivity index is 2.20. The molecule has 2 aromatic rings. The Morgan fingerprint density at radius 1 is 1.14 bits per heavy atom. The molecule has 0 spiro atoms. The zero-order valence-electron chi connectivity index (χ0n) is 12.1. The van der Waals surface area contributed by atoms with Crippen molar-refractivity contribution in [3.63, 3.8) is 0 Å². The Hall–Kier alpha value is -3.09. The number of carbonyl (C=O) groups excluding carboxylic acids is 1. The van der Waals surface area contributed by atoms with Gasteiger partial charge < -0.3 is 20.0 Å². The predicted octanol–water partition coefficient (Wildman–Crippen LogP) is 1.58. The Morgan fingerprint density at radius 2 is 1.95 bits per heavy atom. The van der Waals surface area contributed by atoms with E-state index in [1.165, 1.54) is 20.3 Å². The van der Waals surface area contributed by atoms with Gasteiger partial charge in [-0.3, -0.25) is 4.98 Å².